The first-order chi connectivity index (χ1) is 11.7. The second kappa shape index (κ2) is 6.22. The molecule has 2 N–H and O–H groups in total. The molecule has 0 bridgehead atoms. The fourth-order valence-corrected chi connectivity index (χ4v) is 3.10. The van der Waals surface area contributed by atoms with Crippen molar-refractivity contribution in [2.45, 2.75) is 19.5 Å². The first kappa shape index (κ1) is 15.1. The number of aromatic amines is 2. The Bertz CT molecular complexity index is 902. The molecule has 0 saturated carbocycles. The number of rotatable bonds is 3. The Balaban J connectivity index is 1.61. The highest BCUT2D eigenvalue weighted by atomic mass is 35.5. The van der Waals surface area contributed by atoms with E-state index in [1.807, 2.05) is 18.3 Å². The van der Waals surface area contributed by atoms with E-state index in [-0.39, 0.29) is 5.56 Å². The highest BCUT2D eigenvalue weighted by Crippen LogP contribution is 2.21. The van der Waals surface area contributed by atoms with Crippen LogP contribution >= 0.6 is 11.6 Å². The van der Waals surface area contributed by atoms with Crippen LogP contribution in [0.4, 0.5) is 0 Å². The fourth-order valence-electron chi connectivity index (χ4n) is 2.97. The van der Waals surface area contributed by atoms with Gasteiger partial charge in [0.05, 0.1) is 17.6 Å². The van der Waals surface area contributed by atoms with Gasteiger partial charge in [-0.1, -0.05) is 11.6 Å². The van der Waals surface area contributed by atoms with Gasteiger partial charge in [0.2, 0.25) is 0 Å². The molecule has 7 heteroatoms. The Kier molecular flexibility index (Phi) is 3.92. The Morgan fingerprint density at radius 2 is 2.08 bits per heavy atom. The van der Waals surface area contributed by atoms with E-state index in [9.17, 15) is 4.79 Å². The van der Waals surface area contributed by atoms with Crippen molar-refractivity contribution in [1.29, 1.82) is 0 Å². The number of nitrogens with zero attached hydrogens (tertiary/aromatic N) is 3. The summed E-state index contributed by atoms with van der Waals surface area (Å²) in [5.74, 6) is 0.595. The predicted molar refractivity (Wildman–Crippen MR) is 91.7 cm³/mol. The molecule has 122 valence electrons. The van der Waals surface area contributed by atoms with Crippen molar-refractivity contribution in [3.05, 3.63) is 69.1 Å². The average molecular weight is 342 g/mol. The van der Waals surface area contributed by atoms with Crippen LogP contribution in [0.25, 0.3) is 11.4 Å². The molecule has 6 nitrogen and oxygen atoms in total. The molecule has 1 aliphatic heterocycles. The van der Waals surface area contributed by atoms with Gasteiger partial charge in [-0.05, 0) is 24.3 Å². The molecule has 0 unspecified atom stereocenters. The molecule has 3 heterocycles. The van der Waals surface area contributed by atoms with Crippen LogP contribution in [0.3, 0.4) is 0 Å². The molecule has 2 aromatic heterocycles. The van der Waals surface area contributed by atoms with E-state index in [4.69, 9.17) is 11.6 Å². The zero-order valence-electron chi connectivity index (χ0n) is 12.9. The number of H-pyrrole nitrogens is 2. The summed E-state index contributed by atoms with van der Waals surface area (Å²) < 4.78 is 0. The second-order valence-corrected chi connectivity index (χ2v) is 6.32. The van der Waals surface area contributed by atoms with Gasteiger partial charge in [-0.15, -0.1) is 0 Å². The largest absolute Gasteiger partial charge is 0.347 e. The van der Waals surface area contributed by atoms with E-state index >= 15 is 0 Å². The molecule has 4 rings (SSSR count). The third-order valence-corrected chi connectivity index (χ3v) is 4.47. The number of imidazole rings is 1. The van der Waals surface area contributed by atoms with E-state index in [0.29, 0.717) is 17.4 Å². The number of halogens is 1. The predicted octanol–water partition coefficient (Wildman–Crippen LogP) is 2.37. The third kappa shape index (κ3) is 2.98. The van der Waals surface area contributed by atoms with Crippen molar-refractivity contribution in [1.82, 2.24) is 24.8 Å². The van der Waals surface area contributed by atoms with Gasteiger partial charge >= 0.3 is 0 Å². The highest BCUT2D eigenvalue weighted by molar-refractivity contribution is 6.30. The number of nitrogens with one attached hydrogen (secondary N) is 2. The summed E-state index contributed by atoms with van der Waals surface area (Å²) in [5, 5.41) is 0.661. The lowest BCUT2D eigenvalue weighted by Crippen LogP contribution is -2.35. The third-order valence-electron chi connectivity index (χ3n) is 4.21. The van der Waals surface area contributed by atoms with Gasteiger partial charge in [-0.2, -0.15) is 0 Å². The average Bonchev–Trinajstić information content (AvgIpc) is 3.09. The molecule has 0 amide bonds. The van der Waals surface area contributed by atoms with Crippen molar-refractivity contribution in [3.8, 4) is 11.4 Å². The highest BCUT2D eigenvalue weighted by Gasteiger charge is 2.21. The van der Waals surface area contributed by atoms with Crippen LogP contribution in [0.2, 0.25) is 5.02 Å². The quantitative estimate of drug-likeness (QED) is 0.766. The molecule has 0 saturated heterocycles. The first-order valence-corrected chi connectivity index (χ1v) is 8.14. The molecule has 0 fully saturated rings. The molecule has 0 aliphatic carbocycles. The van der Waals surface area contributed by atoms with Crippen LogP contribution in [-0.4, -0.2) is 31.4 Å². The van der Waals surface area contributed by atoms with Gasteiger partial charge < -0.3 is 9.97 Å². The monoisotopic (exact) mass is 341 g/mol. The summed E-state index contributed by atoms with van der Waals surface area (Å²) >= 11 is 5.92. The SMILES string of the molecule is O=c1[nH]c(-c2ccc(Cl)cc2)nc2c1CN(Cc1cnc[nH]1)CC2. The summed E-state index contributed by atoms with van der Waals surface area (Å²) in [4.78, 5) is 29.4. The number of benzene rings is 1. The van der Waals surface area contributed by atoms with Crippen molar-refractivity contribution >= 4 is 11.6 Å². The van der Waals surface area contributed by atoms with Crippen LogP contribution < -0.4 is 5.56 Å². The molecule has 24 heavy (non-hydrogen) atoms. The van der Waals surface area contributed by atoms with Crippen molar-refractivity contribution in [3.63, 3.8) is 0 Å². The van der Waals surface area contributed by atoms with Gasteiger partial charge in [0.25, 0.3) is 5.56 Å². The molecule has 3 aromatic rings. The maximum absolute atomic E-state index is 12.5. The van der Waals surface area contributed by atoms with Crippen LogP contribution in [0.15, 0.2) is 41.6 Å². The fraction of sp³-hybridized carbons (Fsp3) is 0.235. The summed E-state index contributed by atoms with van der Waals surface area (Å²) in [6.07, 6.45) is 4.23. The summed E-state index contributed by atoms with van der Waals surface area (Å²) in [6, 6.07) is 7.31. The number of fused-ring (bicyclic) bond motifs is 1. The second-order valence-electron chi connectivity index (χ2n) is 5.88. The minimum Gasteiger partial charge on any atom is -0.347 e. The Morgan fingerprint density at radius 1 is 1.25 bits per heavy atom. The molecule has 0 radical (unpaired) electrons. The number of aromatic nitrogens is 4. The number of hydrogen-bond acceptors (Lipinski definition) is 4. The van der Waals surface area contributed by atoms with E-state index < -0.39 is 0 Å². The normalized spacial score (nSPS) is 14.5. The zero-order chi connectivity index (χ0) is 16.5. The van der Waals surface area contributed by atoms with E-state index in [0.717, 1.165) is 42.0 Å². The lowest BCUT2D eigenvalue weighted by molar-refractivity contribution is 0.239. The smallest absolute Gasteiger partial charge is 0.255 e. The lowest BCUT2D eigenvalue weighted by Gasteiger charge is -2.27. The maximum atomic E-state index is 12.5. The van der Waals surface area contributed by atoms with Gasteiger partial charge in [0, 0.05) is 48.5 Å². The van der Waals surface area contributed by atoms with Crippen LogP contribution in [0.5, 0.6) is 0 Å². The molecule has 1 aromatic carbocycles. The topological polar surface area (TPSA) is 77.7 Å². The minimum absolute atomic E-state index is 0.0701. The maximum Gasteiger partial charge on any atom is 0.255 e. The number of hydrogen-bond donors (Lipinski definition) is 2. The zero-order valence-corrected chi connectivity index (χ0v) is 13.7. The lowest BCUT2D eigenvalue weighted by atomic mass is 10.1. The van der Waals surface area contributed by atoms with Gasteiger partial charge in [-0.25, -0.2) is 9.97 Å². The summed E-state index contributed by atoms with van der Waals surface area (Å²) in [5.41, 5.74) is 3.46. The van der Waals surface area contributed by atoms with Crippen LogP contribution in [0, 0.1) is 0 Å². The van der Waals surface area contributed by atoms with Crippen molar-refractivity contribution in [2.24, 2.45) is 0 Å². The minimum atomic E-state index is -0.0701. The Labute approximate surface area is 143 Å². The Hall–Kier alpha value is -2.44. The Morgan fingerprint density at radius 3 is 2.83 bits per heavy atom. The van der Waals surface area contributed by atoms with Crippen LogP contribution in [-0.2, 0) is 19.5 Å². The first-order valence-electron chi connectivity index (χ1n) is 7.76. The standard InChI is InChI=1S/C17H16ClN5O/c18-12-3-1-11(2-4-12)16-21-15-5-6-23(8-13-7-19-10-20-13)9-14(15)17(24)22-16/h1-4,7,10H,5-6,8-9H2,(H,19,20)(H,21,22,24). The molecule has 0 atom stereocenters. The molecular formula is C17H16ClN5O. The van der Waals surface area contributed by atoms with E-state index in [1.54, 1.807) is 18.5 Å². The molecular weight excluding hydrogens is 326 g/mol. The van der Waals surface area contributed by atoms with Crippen molar-refractivity contribution in [2.75, 3.05) is 6.54 Å². The summed E-state index contributed by atoms with van der Waals surface area (Å²) in [7, 11) is 0. The van der Waals surface area contributed by atoms with Crippen molar-refractivity contribution < 1.29 is 0 Å². The molecule has 0 spiro atoms. The van der Waals surface area contributed by atoms with E-state index in [2.05, 4.69) is 24.8 Å². The van der Waals surface area contributed by atoms with Gasteiger partial charge in [0.1, 0.15) is 5.82 Å². The van der Waals surface area contributed by atoms with Crippen LogP contribution in [0.1, 0.15) is 17.0 Å². The van der Waals surface area contributed by atoms with Gasteiger partial charge in [0.15, 0.2) is 0 Å². The summed E-state index contributed by atoms with van der Waals surface area (Å²) in [6.45, 7) is 2.21. The molecule has 1 aliphatic rings. The van der Waals surface area contributed by atoms with E-state index in [1.165, 1.54) is 0 Å². The van der Waals surface area contributed by atoms with Gasteiger partial charge in [-0.3, -0.25) is 9.69 Å².